The van der Waals surface area contributed by atoms with Gasteiger partial charge in [0, 0.05) is 28.2 Å². The number of benzene rings is 2. The molecule has 4 rings (SSSR count). The number of nitrogens with zero attached hydrogens (tertiary/aromatic N) is 1. The highest BCUT2D eigenvalue weighted by atomic mass is 32.2. The Balaban J connectivity index is 1.60. The number of hydrogen-bond donors (Lipinski definition) is 0. The fourth-order valence-electron chi connectivity index (χ4n) is 2.60. The van der Waals surface area contributed by atoms with Crippen LogP contribution in [-0.2, 0) is 0 Å². The van der Waals surface area contributed by atoms with E-state index < -0.39 is 4.92 Å². The quantitative estimate of drug-likeness (QED) is 0.370. The number of Topliss-reactive ketones (excluding diaryl/α,β-unsaturated/α-hetero) is 1. The summed E-state index contributed by atoms with van der Waals surface area (Å²) in [4.78, 5) is 24.2. The lowest BCUT2D eigenvalue weighted by Gasteiger charge is -1.97. The second-order valence-corrected chi connectivity index (χ2v) is 6.53. The average Bonchev–Trinajstić information content (AvgIpc) is 3.21. The summed E-state index contributed by atoms with van der Waals surface area (Å²) >= 11 is 1.43. The van der Waals surface area contributed by atoms with Gasteiger partial charge in [-0.15, -0.1) is 0 Å². The lowest BCUT2D eigenvalue weighted by molar-refractivity contribution is -0.384. The number of rotatable bonds is 3. The van der Waals surface area contributed by atoms with Crippen molar-refractivity contribution in [2.75, 3.05) is 0 Å². The molecule has 0 radical (unpaired) electrons. The minimum Gasteiger partial charge on any atom is -0.457 e. The van der Waals surface area contributed by atoms with E-state index in [0.717, 1.165) is 10.5 Å². The number of carbonyl (C=O) groups excluding carboxylic acids is 1. The average molecular weight is 349 g/mol. The molecule has 0 amide bonds. The molecular weight excluding hydrogens is 338 g/mol. The highest BCUT2D eigenvalue weighted by molar-refractivity contribution is 8.04. The lowest BCUT2D eigenvalue weighted by atomic mass is 10.1. The Labute approximate surface area is 147 Å². The Kier molecular flexibility index (Phi) is 3.74. The van der Waals surface area contributed by atoms with Crippen molar-refractivity contribution in [2.45, 2.75) is 4.90 Å². The molecule has 0 saturated heterocycles. The number of fused-ring (bicyclic) bond motifs is 1. The van der Waals surface area contributed by atoms with Crippen molar-refractivity contribution in [3.05, 3.63) is 87.0 Å². The zero-order valence-electron chi connectivity index (χ0n) is 12.8. The predicted octanol–water partition coefficient (Wildman–Crippen LogP) is 5.18. The van der Waals surface area contributed by atoms with E-state index in [4.69, 9.17) is 4.42 Å². The van der Waals surface area contributed by atoms with Crippen LogP contribution in [0.3, 0.4) is 0 Å². The van der Waals surface area contributed by atoms with E-state index in [1.807, 2.05) is 24.3 Å². The van der Waals surface area contributed by atoms with Crippen molar-refractivity contribution in [1.29, 1.82) is 0 Å². The maximum Gasteiger partial charge on any atom is 0.269 e. The summed E-state index contributed by atoms with van der Waals surface area (Å²) in [5, 5.41) is 10.7. The predicted molar refractivity (Wildman–Crippen MR) is 95.4 cm³/mol. The van der Waals surface area contributed by atoms with E-state index >= 15 is 0 Å². The van der Waals surface area contributed by atoms with E-state index in [1.165, 1.54) is 23.9 Å². The van der Waals surface area contributed by atoms with Crippen LogP contribution in [0.25, 0.3) is 17.4 Å². The van der Waals surface area contributed by atoms with Gasteiger partial charge in [-0.05, 0) is 42.5 Å². The van der Waals surface area contributed by atoms with Gasteiger partial charge in [-0.3, -0.25) is 14.9 Å². The van der Waals surface area contributed by atoms with Crippen molar-refractivity contribution in [3.8, 4) is 11.3 Å². The standard InChI is InChI=1S/C19H11NO4S/c21-19-15-3-1-2-4-17(15)25-18(19)11-14-9-10-16(24-14)12-5-7-13(8-6-12)20(22)23/h1-11H. The number of allylic oxidation sites excluding steroid dienone is 1. The molecule has 0 N–H and O–H groups in total. The molecule has 1 aliphatic rings. The molecular formula is C19H11NO4S. The number of non-ortho nitro benzene ring substituents is 1. The first kappa shape index (κ1) is 15.4. The molecule has 1 aliphatic heterocycles. The summed E-state index contributed by atoms with van der Waals surface area (Å²) in [7, 11) is 0. The van der Waals surface area contributed by atoms with Gasteiger partial charge >= 0.3 is 0 Å². The first-order valence-electron chi connectivity index (χ1n) is 7.50. The summed E-state index contributed by atoms with van der Waals surface area (Å²) in [5.74, 6) is 1.15. The van der Waals surface area contributed by atoms with Crippen LogP contribution in [0.15, 0.2) is 74.9 Å². The highest BCUT2D eigenvalue weighted by Gasteiger charge is 2.25. The second kappa shape index (κ2) is 6.07. The Morgan fingerprint density at radius 3 is 2.48 bits per heavy atom. The maximum absolute atomic E-state index is 12.4. The molecule has 0 atom stereocenters. The van der Waals surface area contributed by atoms with Gasteiger partial charge in [0.25, 0.3) is 5.69 Å². The fraction of sp³-hybridized carbons (Fsp3) is 0. The SMILES string of the molecule is O=C1C(=Cc2ccc(-c3ccc([N+](=O)[O-])cc3)o2)Sc2ccccc21. The normalized spacial score (nSPS) is 14.7. The molecule has 0 spiro atoms. The van der Waals surface area contributed by atoms with Gasteiger partial charge in [0.2, 0.25) is 5.78 Å². The van der Waals surface area contributed by atoms with Crippen LogP contribution in [0.4, 0.5) is 5.69 Å². The van der Waals surface area contributed by atoms with Crippen LogP contribution in [-0.4, -0.2) is 10.7 Å². The number of nitro groups is 1. The number of nitro benzene ring substituents is 1. The van der Waals surface area contributed by atoms with Gasteiger partial charge in [0.15, 0.2) is 0 Å². The molecule has 0 fully saturated rings. The first-order valence-corrected chi connectivity index (χ1v) is 8.31. The molecule has 0 bridgehead atoms. The summed E-state index contributed by atoms with van der Waals surface area (Å²) in [5.41, 5.74) is 1.48. The summed E-state index contributed by atoms with van der Waals surface area (Å²) in [6, 6.07) is 17.2. The third-order valence-corrected chi connectivity index (χ3v) is 4.94. The smallest absolute Gasteiger partial charge is 0.269 e. The number of thioether (sulfide) groups is 1. The Bertz CT molecular complexity index is 1020. The number of ketones is 1. The van der Waals surface area contributed by atoms with E-state index in [-0.39, 0.29) is 11.5 Å². The minimum atomic E-state index is -0.442. The van der Waals surface area contributed by atoms with Gasteiger partial charge in [-0.1, -0.05) is 23.9 Å². The van der Waals surface area contributed by atoms with Crippen molar-refractivity contribution in [2.24, 2.45) is 0 Å². The largest absolute Gasteiger partial charge is 0.457 e. The summed E-state index contributed by atoms with van der Waals surface area (Å²) in [6.45, 7) is 0. The van der Waals surface area contributed by atoms with Crippen LogP contribution >= 0.6 is 11.8 Å². The van der Waals surface area contributed by atoms with Crippen molar-refractivity contribution in [3.63, 3.8) is 0 Å². The molecule has 3 aromatic rings. The molecule has 0 unspecified atom stereocenters. The Morgan fingerprint density at radius 1 is 1.00 bits per heavy atom. The Morgan fingerprint density at radius 2 is 1.76 bits per heavy atom. The van der Waals surface area contributed by atoms with Crippen LogP contribution < -0.4 is 0 Å². The number of hydrogen-bond acceptors (Lipinski definition) is 5. The van der Waals surface area contributed by atoms with Gasteiger partial charge in [-0.2, -0.15) is 0 Å². The van der Waals surface area contributed by atoms with Gasteiger partial charge in [0.05, 0.1) is 9.83 Å². The molecule has 6 heteroatoms. The van der Waals surface area contributed by atoms with Crippen LogP contribution in [0.5, 0.6) is 0 Å². The monoisotopic (exact) mass is 349 g/mol. The molecule has 0 aliphatic carbocycles. The Hall–Kier alpha value is -3.12. The zero-order chi connectivity index (χ0) is 17.4. The molecule has 122 valence electrons. The molecule has 2 heterocycles. The van der Waals surface area contributed by atoms with E-state index in [0.29, 0.717) is 22.0 Å². The molecule has 2 aromatic carbocycles. The summed E-state index contributed by atoms with van der Waals surface area (Å²) in [6.07, 6.45) is 1.72. The molecule has 25 heavy (non-hydrogen) atoms. The molecule has 0 saturated carbocycles. The van der Waals surface area contributed by atoms with Gasteiger partial charge in [-0.25, -0.2) is 0 Å². The van der Waals surface area contributed by atoms with Crippen molar-refractivity contribution >= 4 is 29.3 Å². The van der Waals surface area contributed by atoms with E-state index in [9.17, 15) is 14.9 Å². The third kappa shape index (κ3) is 2.88. The lowest BCUT2D eigenvalue weighted by Crippen LogP contribution is -1.93. The number of carbonyl (C=O) groups is 1. The maximum atomic E-state index is 12.4. The minimum absolute atomic E-state index is 0.00566. The van der Waals surface area contributed by atoms with Crippen LogP contribution in [0, 0.1) is 10.1 Å². The molecule has 1 aromatic heterocycles. The van der Waals surface area contributed by atoms with Crippen LogP contribution in [0.2, 0.25) is 0 Å². The van der Waals surface area contributed by atoms with E-state index in [2.05, 4.69) is 0 Å². The van der Waals surface area contributed by atoms with Crippen LogP contribution in [0.1, 0.15) is 16.1 Å². The van der Waals surface area contributed by atoms with Gasteiger partial charge in [0.1, 0.15) is 11.5 Å². The molecule has 5 nitrogen and oxygen atoms in total. The first-order chi connectivity index (χ1) is 12.1. The zero-order valence-corrected chi connectivity index (χ0v) is 13.7. The highest BCUT2D eigenvalue weighted by Crippen LogP contribution is 2.40. The van der Waals surface area contributed by atoms with Gasteiger partial charge < -0.3 is 4.42 Å². The summed E-state index contributed by atoms with van der Waals surface area (Å²) < 4.78 is 5.77. The topological polar surface area (TPSA) is 73.3 Å². The fourth-order valence-corrected chi connectivity index (χ4v) is 3.63. The van der Waals surface area contributed by atoms with E-state index in [1.54, 1.807) is 30.3 Å². The third-order valence-electron chi connectivity index (χ3n) is 3.84. The van der Waals surface area contributed by atoms with Crippen molar-refractivity contribution in [1.82, 2.24) is 0 Å². The number of furan rings is 1. The second-order valence-electron chi connectivity index (χ2n) is 5.44. The van der Waals surface area contributed by atoms with Crippen molar-refractivity contribution < 1.29 is 14.1 Å².